The third kappa shape index (κ3) is 3.95. The topological polar surface area (TPSA) is 89.9 Å². The van der Waals surface area contributed by atoms with E-state index in [4.69, 9.17) is 5.11 Å². The molecule has 0 spiro atoms. The Kier molecular flexibility index (Phi) is 5.15. The number of urea groups is 1. The smallest absolute Gasteiger partial charge is 0.317 e. The normalized spacial score (nSPS) is 16.9. The van der Waals surface area contributed by atoms with Crippen LogP contribution in [0.2, 0.25) is 0 Å². The van der Waals surface area contributed by atoms with E-state index in [0.717, 1.165) is 12.1 Å². The summed E-state index contributed by atoms with van der Waals surface area (Å²) in [5.41, 5.74) is -2.03. The van der Waals surface area contributed by atoms with E-state index in [1.807, 2.05) is 0 Å². The highest BCUT2D eigenvalue weighted by Gasteiger charge is 2.39. The van der Waals surface area contributed by atoms with E-state index in [1.165, 1.54) is 11.0 Å². The van der Waals surface area contributed by atoms with E-state index < -0.39 is 29.2 Å². The van der Waals surface area contributed by atoms with Crippen LogP contribution in [0.25, 0.3) is 0 Å². The van der Waals surface area contributed by atoms with Gasteiger partial charge in [0, 0.05) is 19.6 Å². The van der Waals surface area contributed by atoms with E-state index in [1.54, 1.807) is 0 Å². The molecule has 2 amide bonds. The Bertz CT molecular complexity index is 581. The third-order valence-corrected chi connectivity index (χ3v) is 3.92. The SMILES string of the molecule is O=C(O)CCNC(=O)N1CCC(O)(c2c(F)cccc2F)CC1. The van der Waals surface area contributed by atoms with Gasteiger partial charge in [-0.05, 0) is 25.0 Å². The molecule has 0 saturated carbocycles. The summed E-state index contributed by atoms with van der Waals surface area (Å²) in [5, 5.41) is 21.5. The molecule has 23 heavy (non-hydrogen) atoms. The van der Waals surface area contributed by atoms with Crippen molar-refractivity contribution in [2.75, 3.05) is 19.6 Å². The molecule has 3 N–H and O–H groups in total. The maximum atomic E-state index is 13.8. The first-order valence-electron chi connectivity index (χ1n) is 7.25. The maximum Gasteiger partial charge on any atom is 0.317 e. The molecule has 0 bridgehead atoms. The number of carboxylic acids is 1. The van der Waals surface area contributed by atoms with E-state index >= 15 is 0 Å². The molecule has 0 atom stereocenters. The minimum Gasteiger partial charge on any atom is -0.481 e. The van der Waals surface area contributed by atoms with E-state index in [2.05, 4.69) is 5.32 Å². The van der Waals surface area contributed by atoms with Crippen LogP contribution in [0, 0.1) is 11.6 Å². The molecule has 8 heteroatoms. The fourth-order valence-electron chi connectivity index (χ4n) is 2.66. The van der Waals surface area contributed by atoms with Gasteiger partial charge in [-0.15, -0.1) is 0 Å². The zero-order valence-electron chi connectivity index (χ0n) is 12.4. The maximum absolute atomic E-state index is 13.8. The molecule has 0 unspecified atom stereocenters. The average Bonchev–Trinajstić information content (AvgIpc) is 2.47. The Labute approximate surface area is 131 Å². The number of benzene rings is 1. The molecule has 0 aromatic heterocycles. The van der Waals surface area contributed by atoms with Gasteiger partial charge in [-0.25, -0.2) is 13.6 Å². The van der Waals surface area contributed by atoms with E-state index in [-0.39, 0.29) is 44.5 Å². The molecule has 1 aromatic rings. The number of carbonyl (C=O) groups excluding carboxylic acids is 1. The molecule has 0 radical (unpaired) electrons. The van der Waals surface area contributed by atoms with Gasteiger partial charge in [0.1, 0.15) is 11.6 Å². The molecule has 1 heterocycles. The summed E-state index contributed by atoms with van der Waals surface area (Å²) in [5.74, 6) is -2.65. The van der Waals surface area contributed by atoms with Crippen LogP contribution < -0.4 is 5.32 Å². The van der Waals surface area contributed by atoms with Crippen molar-refractivity contribution in [3.8, 4) is 0 Å². The molecular formula is C15H18F2N2O4. The van der Waals surface area contributed by atoms with Gasteiger partial charge in [-0.2, -0.15) is 0 Å². The number of nitrogens with zero attached hydrogens (tertiary/aromatic N) is 1. The lowest BCUT2D eigenvalue weighted by Crippen LogP contribution is -2.49. The number of aliphatic hydroxyl groups is 1. The van der Waals surface area contributed by atoms with Crippen molar-refractivity contribution in [1.82, 2.24) is 10.2 Å². The Morgan fingerprint density at radius 2 is 1.78 bits per heavy atom. The summed E-state index contributed by atoms with van der Waals surface area (Å²) < 4.78 is 27.7. The number of hydrogen-bond acceptors (Lipinski definition) is 3. The molecule has 126 valence electrons. The highest BCUT2D eigenvalue weighted by molar-refractivity contribution is 5.75. The summed E-state index contributed by atoms with van der Waals surface area (Å²) in [6, 6.07) is 2.94. The zero-order chi connectivity index (χ0) is 17.0. The summed E-state index contributed by atoms with van der Waals surface area (Å²) in [4.78, 5) is 23.6. The van der Waals surface area contributed by atoms with Crippen molar-refractivity contribution in [1.29, 1.82) is 0 Å². The van der Waals surface area contributed by atoms with Gasteiger partial charge in [0.25, 0.3) is 0 Å². The van der Waals surface area contributed by atoms with Gasteiger partial charge in [0.05, 0.1) is 17.6 Å². The molecule has 2 rings (SSSR count). The number of likely N-dealkylation sites (tertiary alicyclic amines) is 1. The highest BCUT2D eigenvalue weighted by Crippen LogP contribution is 2.35. The summed E-state index contributed by atoms with van der Waals surface area (Å²) in [7, 11) is 0. The second-order valence-electron chi connectivity index (χ2n) is 5.49. The van der Waals surface area contributed by atoms with E-state index in [9.17, 15) is 23.5 Å². The fraction of sp³-hybridized carbons (Fsp3) is 0.467. The number of carboxylic acid groups (broad SMARTS) is 1. The fourth-order valence-corrected chi connectivity index (χ4v) is 2.66. The largest absolute Gasteiger partial charge is 0.481 e. The van der Waals surface area contributed by atoms with Crippen molar-refractivity contribution in [3.05, 3.63) is 35.4 Å². The standard InChI is InChI=1S/C15H18F2N2O4/c16-10-2-1-3-11(17)13(10)15(23)5-8-19(9-6-15)14(22)18-7-4-12(20)21/h1-3,23H,4-9H2,(H,18,22)(H,20,21). The minimum atomic E-state index is -1.66. The van der Waals surface area contributed by atoms with Crippen LogP contribution in [0.5, 0.6) is 0 Å². The third-order valence-electron chi connectivity index (χ3n) is 3.92. The lowest BCUT2D eigenvalue weighted by atomic mass is 9.84. The van der Waals surface area contributed by atoms with Crippen LogP contribution in [0.3, 0.4) is 0 Å². The van der Waals surface area contributed by atoms with Gasteiger partial charge >= 0.3 is 12.0 Å². The summed E-state index contributed by atoms with van der Waals surface area (Å²) in [6.07, 6.45) is -0.196. The lowest BCUT2D eigenvalue weighted by molar-refractivity contribution is -0.136. The van der Waals surface area contributed by atoms with Crippen molar-refractivity contribution in [2.45, 2.75) is 24.9 Å². The monoisotopic (exact) mass is 328 g/mol. The molecule has 1 fully saturated rings. The highest BCUT2D eigenvalue weighted by atomic mass is 19.1. The molecule has 1 aliphatic rings. The molecule has 0 aliphatic carbocycles. The number of rotatable bonds is 4. The Morgan fingerprint density at radius 1 is 1.22 bits per heavy atom. The summed E-state index contributed by atoms with van der Waals surface area (Å²) in [6.45, 7) is 0.225. The van der Waals surface area contributed by atoms with Gasteiger partial charge in [-0.3, -0.25) is 4.79 Å². The van der Waals surface area contributed by atoms with Crippen molar-refractivity contribution >= 4 is 12.0 Å². The number of carbonyl (C=O) groups is 2. The van der Waals surface area contributed by atoms with Crippen LogP contribution in [-0.4, -0.2) is 46.7 Å². The predicted octanol–water partition coefficient (Wildman–Crippen LogP) is 1.43. The molecule has 1 saturated heterocycles. The Hall–Kier alpha value is -2.22. The van der Waals surface area contributed by atoms with Crippen molar-refractivity contribution in [2.24, 2.45) is 0 Å². The summed E-state index contributed by atoms with van der Waals surface area (Å²) >= 11 is 0. The quantitative estimate of drug-likeness (QED) is 0.780. The first-order chi connectivity index (χ1) is 10.8. The van der Waals surface area contributed by atoms with Crippen LogP contribution in [0.1, 0.15) is 24.8 Å². The van der Waals surface area contributed by atoms with Crippen LogP contribution >= 0.6 is 0 Å². The van der Waals surface area contributed by atoms with E-state index in [0.29, 0.717) is 0 Å². The van der Waals surface area contributed by atoms with Crippen LogP contribution in [0.15, 0.2) is 18.2 Å². The second kappa shape index (κ2) is 6.91. The Morgan fingerprint density at radius 3 is 2.30 bits per heavy atom. The van der Waals surface area contributed by atoms with Gasteiger partial charge in [-0.1, -0.05) is 6.07 Å². The molecule has 1 aliphatic heterocycles. The predicted molar refractivity (Wildman–Crippen MR) is 76.7 cm³/mol. The van der Waals surface area contributed by atoms with Crippen molar-refractivity contribution in [3.63, 3.8) is 0 Å². The Balaban J connectivity index is 1.97. The minimum absolute atomic E-state index is 0.00277. The number of piperidine rings is 1. The van der Waals surface area contributed by atoms with Crippen LogP contribution in [0.4, 0.5) is 13.6 Å². The number of amides is 2. The van der Waals surface area contributed by atoms with Crippen molar-refractivity contribution < 1.29 is 28.6 Å². The second-order valence-corrected chi connectivity index (χ2v) is 5.49. The molecule has 6 nitrogen and oxygen atoms in total. The number of hydrogen-bond donors (Lipinski definition) is 3. The van der Waals surface area contributed by atoms with Gasteiger partial charge in [0.2, 0.25) is 0 Å². The average molecular weight is 328 g/mol. The number of halogens is 2. The van der Waals surface area contributed by atoms with Gasteiger partial charge in [0.15, 0.2) is 0 Å². The zero-order valence-corrected chi connectivity index (χ0v) is 12.4. The number of nitrogens with one attached hydrogen (secondary N) is 1. The van der Waals surface area contributed by atoms with Gasteiger partial charge < -0.3 is 20.4 Å². The lowest BCUT2D eigenvalue weighted by Gasteiger charge is -2.38. The number of aliphatic carboxylic acids is 1. The first kappa shape index (κ1) is 17.1. The molecule has 1 aromatic carbocycles. The first-order valence-corrected chi connectivity index (χ1v) is 7.25. The van der Waals surface area contributed by atoms with Crippen LogP contribution in [-0.2, 0) is 10.4 Å². The molecular weight excluding hydrogens is 310 g/mol.